The number of benzene rings is 3. The molecule has 2 nitrogen and oxygen atoms in total. The van der Waals surface area contributed by atoms with Crippen molar-refractivity contribution in [3.8, 4) is 11.5 Å². The molecule has 0 bridgehead atoms. The summed E-state index contributed by atoms with van der Waals surface area (Å²) in [5, 5.41) is 0. The van der Waals surface area contributed by atoms with Crippen LogP contribution < -0.4 is 30.4 Å². The molecule has 0 aliphatic heterocycles. The van der Waals surface area contributed by atoms with Gasteiger partial charge >= 0.3 is 155 Å². The molecule has 0 fully saturated rings. The van der Waals surface area contributed by atoms with Crippen LogP contribution in [0.4, 0.5) is 5.69 Å². The van der Waals surface area contributed by atoms with Crippen molar-refractivity contribution in [2.24, 2.45) is 0 Å². The fourth-order valence-corrected chi connectivity index (χ4v) is 4.43. The van der Waals surface area contributed by atoms with Crippen molar-refractivity contribution in [1.82, 2.24) is 4.48 Å². The van der Waals surface area contributed by atoms with Crippen LogP contribution in [-0.2, 0) is 0 Å². The SMILES string of the molecule is C[N+](C)(C)c1ccc([I-]c2ccc(Oc3ccccc3)cc2)cc1. The van der Waals surface area contributed by atoms with Gasteiger partial charge in [0.05, 0.1) is 0 Å². The van der Waals surface area contributed by atoms with E-state index in [4.69, 9.17) is 4.74 Å². The van der Waals surface area contributed by atoms with E-state index in [1.165, 1.54) is 12.8 Å². The van der Waals surface area contributed by atoms with Gasteiger partial charge in [0, 0.05) is 0 Å². The van der Waals surface area contributed by atoms with E-state index in [-0.39, 0.29) is 21.2 Å². The molecular formula is C21H22INO. The van der Waals surface area contributed by atoms with Crippen LogP contribution in [0.3, 0.4) is 0 Å². The summed E-state index contributed by atoms with van der Waals surface area (Å²) in [6, 6.07) is 27.4. The molecule has 3 heteroatoms. The Bertz CT molecular complexity index is 775. The molecule has 0 N–H and O–H groups in total. The molecule has 124 valence electrons. The second kappa shape index (κ2) is 7.36. The fraction of sp³-hybridized carbons (Fsp3) is 0.143. The topological polar surface area (TPSA) is 9.23 Å². The molecule has 0 aliphatic carbocycles. The third-order valence-electron chi connectivity index (χ3n) is 3.61. The summed E-state index contributed by atoms with van der Waals surface area (Å²) in [5.41, 5.74) is 1.33. The number of hydrogen-bond acceptors (Lipinski definition) is 1. The Labute approximate surface area is 154 Å². The Morgan fingerprint density at radius 1 is 0.625 bits per heavy atom. The fourth-order valence-electron chi connectivity index (χ4n) is 2.27. The quantitative estimate of drug-likeness (QED) is 0.443. The standard InChI is InChI=1S/C21H22INO/c1-23(2,3)19-13-9-17(10-14-19)22-18-11-15-21(16-12-18)24-20-7-5-4-6-8-20/h4-16H,1-3H3. The maximum absolute atomic E-state index is 5.85. The molecule has 0 saturated heterocycles. The molecule has 0 aromatic heterocycles. The van der Waals surface area contributed by atoms with Gasteiger partial charge in [-0.05, 0) is 0 Å². The maximum atomic E-state index is 5.85. The Morgan fingerprint density at radius 3 is 1.67 bits per heavy atom. The van der Waals surface area contributed by atoms with E-state index in [0.29, 0.717) is 0 Å². The minimum atomic E-state index is -0.157. The number of nitrogens with zero attached hydrogens (tertiary/aromatic N) is 1. The van der Waals surface area contributed by atoms with Crippen molar-refractivity contribution in [3.05, 3.63) is 86.0 Å². The third kappa shape index (κ3) is 4.58. The first-order chi connectivity index (χ1) is 11.5. The number of ether oxygens (including phenoxy) is 1. The number of rotatable bonds is 5. The van der Waals surface area contributed by atoms with E-state index in [2.05, 4.69) is 69.7 Å². The molecular weight excluding hydrogens is 409 g/mol. The van der Waals surface area contributed by atoms with Crippen LogP contribution >= 0.6 is 0 Å². The molecule has 3 rings (SSSR count). The summed E-state index contributed by atoms with van der Waals surface area (Å²) in [7, 11) is 6.57. The molecule has 24 heavy (non-hydrogen) atoms. The first-order valence-corrected chi connectivity index (χ1v) is 10.1. The molecule has 0 amide bonds. The van der Waals surface area contributed by atoms with Gasteiger partial charge < -0.3 is 0 Å². The molecule has 0 spiro atoms. The predicted molar refractivity (Wildman–Crippen MR) is 96.4 cm³/mol. The molecule has 0 radical (unpaired) electrons. The second-order valence-electron chi connectivity index (χ2n) is 6.45. The van der Waals surface area contributed by atoms with Gasteiger partial charge in [-0.2, -0.15) is 0 Å². The van der Waals surface area contributed by atoms with Gasteiger partial charge in [0.15, 0.2) is 0 Å². The average Bonchev–Trinajstić information content (AvgIpc) is 2.57. The number of quaternary nitrogens is 1. The van der Waals surface area contributed by atoms with Gasteiger partial charge in [0.25, 0.3) is 0 Å². The van der Waals surface area contributed by atoms with E-state index in [0.717, 1.165) is 16.0 Å². The third-order valence-corrected chi connectivity index (χ3v) is 6.30. The molecule has 0 saturated carbocycles. The molecule has 0 heterocycles. The van der Waals surface area contributed by atoms with E-state index >= 15 is 0 Å². The van der Waals surface area contributed by atoms with Crippen LogP contribution in [0, 0.1) is 7.14 Å². The van der Waals surface area contributed by atoms with Crippen molar-refractivity contribution in [2.45, 2.75) is 0 Å². The summed E-state index contributed by atoms with van der Waals surface area (Å²) < 4.78 is 9.53. The molecule has 3 aromatic rings. The number of para-hydroxylation sites is 1. The van der Waals surface area contributed by atoms with E-state index in [1.807, 2.05) is 30.3 Å². The average molecular weight is 431 g/mol. The number of hydrogen-bond donors (Lipinski definition) is 0. The van der Waals surface area contributed by atoms with Gasteiger partial charge in [0.1, 0.15) is 0 Å². The first-order valence-electron chi connectivity index (χ1n) is 7.90. The summed E-state index contributed by atoms with van der Waals surface area (Å²) in [6.07, 6.45) is 0. The van der Waals surface area contributed by atoms with Crippen LogP contribution in [0.2, 0.25) is 0 Å². The normalized spacial score (nSPS) is 11.5. The van der Waals surface area contributed by atoms with Crippen LogP contribution in [0.15, 0.2) is 78.9 Å². The zero-order valence-electron chi connectivity index (χ0n) is 14.2. The Morgan fingerprint density at radius 2 is 1.12 bits per heavy atom. The van der Waals surface area contributed by atoms with Crippen molar-refractivity contribution in [1.29, 1.82) is 0 Å². The summed E-state index contributed by atoms with van der Waals surface area (Å²) >= 11 is -0.157. The minimum absolute atomic E-state index is 0.157. The summed E-state index contributed by atoms with van der Waals surface area (Å²) in [6.45, 7) is 0. The molecule has 0 aliphatic rings. The summed E-state index contributed by atoms with van der Waals surface area (Å²) in [4.78, 5) is 0. The van der Waals surface area contributed by atoms with Crippen LogP contribution in [0.25, 0.3) is 0 Å². The van der Waals surface area contributed by atoms with Gasteiger partial charge in [-0.15, -0.1) is 0 Å². The Balaban J connectivity index is 1.66. The molecule has 3 aromatic carbocycles. The zero-order valence-corrected chi connectivity index (χ0v) is 16.4. The van der Waals surface area contributed by atoms with E-state index in [1.54, 1.807) is 0 Å². The van der Waals surface area contributed by atoms with Crippen molar-refractivity contribution in [2.75, 3.05) is 21.1 Å². The zero-order chi connectivity index (χ0) is 17.0. The molecule has 0 atom stereocenters. The van der Waals surface area contributed by atoms with Gasteiger partial charge in [-0.25, -0.2) is 0 Å². The van der Waals surface area contributed by atoms with Crippen molar-refractivity contribution in [3.63, 3.8) is 0 Å². The van der Waals surface area contributed by atoms with Gasteiger partial charge in [-0.1, -0.05) is 0 Å². The van der Waals surface area contributed by atoms with Gasteiger partial charge in [0.2, 0.25) is 0 Å². The Hall–Kier alpha value is -1.85. The van der Waals surface area contributed by atoms with Crippen LogP contribution in [-0.4, -0.2) is 21.1 Å². The van der Waals surface area contributed by atoms with E-state index in [9.17, 15) is 0 Å². The first kappa shape index (κ1) is 17.0. The monoisotopic (exact) mass is 431 g/mol. The predicted octanol–water partition coefficient (Wildman–Crippen LogP) is 1.80. The number of halogens is 1. The van der Waals surface area contributed by atoms with Crippen molar-refractivity contribution < 1.29 is 25.9 Å². The Kier molecular flexibility index (Phi) is 5.21. The van der Waals surface area contributed by atoms with Gasteiger partial charge in [-0.3, -0.25) is 0 Å². The molecule has 0 unspecified atom stereocenters. The van der Waals surface area contributed by atoms with Crippen LogP contribution in [0.1, 0.15) is 0 Å². The van der Waals surface area contributed by atoms with E-state index < -0.39 is 0 Å². The second-order valence-corrected chi connectivity index (χ2v) is 9.48. The van der Waals surface area contributed by atoms with Crippen LogP contribution in [0.5, 0.6) is 11.5 Å². The summed E-state index contributed by atoms with van der Waals surface area (Å²) in [5.74, 6) is 1.75. The van der Waals surface area contributed by atoms with Crippen molar-refractivity contribution >= 4 is 5.69 Å².